The molecule has 1 aliphatic heterocycles. The molecule has 1 heterocycles. The Kier molecular flexibility index (Phi) is 9.21. The van der Waals surface area contributed by atoms with Gasteiger partial charge in [0.1, 0.15) is 18.0 Å². The molecular formula is C32H44N2O5. The monoisotopic (exact) mass is 536 g/mol. The Labute approximate surface area is 233 Å². The topological polar surface area (TPSA) is 68.3 Å². The van der Waals surface area contributed by atoms with Gasteiger partial charge in [-0.2, -0.15) is 0 Å². The highest BCUT2D eigenvalue weighted by Gasteiger charge is 2.43. The van der Waals surface area contributed by atoms with Crippen molar-refractivity contribution >= 4 is 12.0 Å². The zero-order chi connectivity index (χ0) is 28.2. The number of carbonyl (C=O) groups is 2. The fraction of sp³-hybridized carbons (Fsp3) is 0.562. The van der Waals surface area contributed by atoms with Crippen LogP contribution in [-0.4, -0.2) is 66.9 Å². The molecule has 7 nitrogen and oxygen atoms in total. The second-order valence-corrected chi connectivity index (χ2v) is 11.9. The molecule has 0 unspecified atom stereocenters. The van der Waals surface area contributed by atoms with E-state index in [0.29, 0.717) is 39.3 Å². The van der Waals surface area contributed by atoms with E-state index in [2.05, 4.69) is 43.0 Å². The number of hydrogen-bond acceptors (Lipinski definition) is 5. The summed E-state index contributed by atoms with van der Waals surface area (Å²) in [5.74, 6) is 0.482. The highest BCUT2D eigenvalue weighted by atomic mass is 16.6. The molecular weight excluding hydrogens is 492 g/mol. The molecule has 1 aliphatic carbocycles. The number of rotatable bonds is 9. The molecule has 2 amide bonds. The van der Waals surface area contributed by atoms with Gasteiger partial charge in [-0.25, -0.2) is 4.79 Å². The molecule has 2 aliphatic rings. The van der Waals surface area contributed by atoms with Crippen LogP contribution >= 0.6 is 0 Å². The average Bonchev–Trinajstić information content (AvgIpc) is 3.73. The Morgan fingerprint density at radius 1 is 1.03 bits per heavy atom. The summed E-state index contributed by atoms with van der Waals surface area (Å²) in [4.78, 5) is 31.3. The van der Waals surface area contributed by atoms with Crippen molar-refractivity contribution in [2.75, 3.05) is 33.4 Å². The van der Waals surface area contributed by atoms with Crippen LogP contribution < -0.4 is 4.74 Å². The second-order valence-electron chi connectivity index (χ2n) is 11.9. The van der Waals surface area contributed by atoms with Gasteiger partial charge in [0.25, 0.3) is 0 Å². The zero-order valence-electron chi connectivity index (χ0n) is 24.4. The third-order valence-electron chi connectivity index (χ3n) is 7.75. The molecule has 212 valence electrons. The summed E-state index contributed by atoms with van der Waals surface area (Å²) < 4.78 is 16.7. The van der Waals surface area contributed by atoms with E-state index in [1.165, 1.54) is 16.7 Å². The van der Waals surface area contributed by atoms with Crippen molar-refractivity contribution in [1.29, 1.82) is 0 Å². The first-order valence-electron chi connectivity index (χ1n) is 14.1. The molecule has 0 spiro atoms. The van der Waals surface area contributed by atoms with E-state index < -0.39 is 5.60 Å². The van der Waals surface area contributed by atoms with E-state index in [1.807, 2.05) is 39.0 Å². The number of piperidine rings is 1. The number of nitrogens with zero attached hydrogens (tertiary/aromatic N) is 2. The lowest BCUT2D eigenvalue weighted by molar-refractivity contribution is -0.139. The average molecular weight is 537 g/mol. The number of benzene rings is 2. The summed E-state index contributed by atoms with van der Waals surface area (Å²) in [5.41, 5.74) is 4.11. The van der Waals surface area contributed by atoms with Crippen LogP contribution in [0.4, 0.5) is 4.79 Å². The molecule has 1 saturated carbocycles. The van der Waals surface area contributed by atoms with Crippen molar-refractivity contribution < 1.29 is 23.8 Å². The van der Waals surface area contributed by atoms with Gasteiger partial charge in [0, 0.05) is 32.8 Å². The number of aryl methyl sites for hydroxylation is 1. The molecule has 0 radical (unpaired) electrons. The van der Waals surface area contributed by atoms with Crippen LogP contribution in [-0.2, 0) is 20.8 Å². The maximum atomic E-state index is 14.4. The number of carbonyl (C=O) groups excluding carboxylic acids is 2. The van der Waals surface area contributed by atoms with Crippen molar-refractivity contribution in [3.05, 3.63) is 64.7 Å². The molecule has 2 atom stereocenters. The molecule has 1 saturated heterocycles. The zero-order valence-corrected chi connectivity index (χ0v) is 24.4. The predicted octanol–water partition coefficient (Wildman–Crippen LogP) is 5.86. The van der Waals surface area contributed by atoms with E-state index in [9.17, 15) is 9.59 Å². The Morgan fingerprint density at radius 2 is 1.77 bits per heavy atom. The first-order valence-corrected chi connectivity index (χ1v) is 14.1. The standard InChI is InChI=1S/C32H44N2O5/c1-22-9-7-11-25(23(22)2)20-34(26-13-14-26)30(35)29-21-33(31(36)39-32(3,4)5)16-15-28(29)24-10-8-12-27(19-24)38-18-17-37-6/h7-12,19,26,28-29H,13-18,20-21H2,1-6H3/t28-,29+/m1/s1. The smallest absolute Gasteiger partial charge is 0.410 e. The Hall–Kier alpha value is -3.06. The second kappa shape index (κ2) is 12.4. The molecule has 39 heavy (non-hydrogen) atoms. The molecule has 2 fully saturated rings. The van der Waals surface area contributed by atoms with Gasteiger partial charge >= 0.3 is 6.09 Å². The van der Waals surface area contributed by atoms with Crippen LogP contribution in [0.5, 0.6) is 5.75 Å². The van der Waals surface area contributed by atoms with E-state index in [4.69, 9.17) is 14.2 Å². The van der Waals surface area contributed by atoms with Gasteiger partial charge < -0.3 is 24.0 Å². The summed E-state index contributed by atoms with van der Waals surface area (Å²) in [7, 11) is 1.65. The van der Waals surface area contributed by atoms with Gasteiger partial charge in [-0.05, 0) is 94.2 Å². The van der Waals surface area contributed by atoms with E-state index >= 15 is 0 Å². The van der Waals surface area contributed by atoms with Gasteiger partial charge in [0.2, 0.25) is 5.91 Å². The minimum Gasteiger partial charge on any atom is -0.491 e. The van der Waals surface area contributed by atoms with Crippen molar-refractivity contribution in [2.45, 2.75) is 78.0 Å². The Balaban J connectivity index is 1.62. The first kappa shape index (κ1) is 28.9. The van der Waals surface area contributed by atoms with Crippen LogP contribution in [0.25, 0.3) is 0 Å². The molecule has 2 aromatic rings. The molecule has 0 bridgehead atoms. The maximum Gasteiger partial charge on any atom is 0.410 e. The third kappa shape index (κ3) is 7.53. The lowest BCUT2D eigenvalue weighted by atomic mass is 9.79. The van der Waals surface area contributed by atoms with Crippen LogP contribution in [0.2, 0.25) is 0 Å². The first-order chi connectivity index (χ1) is 18.6. The largest absolute Gasteiger partial charge is 0.491 e. The van der Waals surface area contributed by atoms with Gasteiger partial charge in [-0.15, -0.1) is 0 Å². The highest BCUT2D eigenvalue weighted by Crippen LogP contribution is 2.39. The van der Waals surface area contributed by atoms with E-state index in [0.717, 1.165) is 24.2 Å². The minimum absolute atomic E-state index is 0.0259. The fourth-order valence-electron chi connectivity index (χ4n) is 5.32. The minimum atomic E-state index is -0.593. The number of likely N-dealkylation sites (tertiary alicyclic amines) is 1. The summed E-state index contributed by atoms with van der Waals surface area (Å²) in [6.45, 7) is 12.3. The number of methoxy groups -OCH3 is 1. The Bertz CT molecular complexity index is 1150. The molecule has 0 aromatic heterocycles. The predicted molar refractivity (Wildman–Crippen MR) is 152 cm³/mol. The summed E-state index contributed by atoms with van der Waals surface area (Å²) in [6, 6.07) is 14.6. The van der Waals surface area contributed by atoms with Crippen molar-refractivity contribution in [3.63, 3.8) is 0 Å². The van der Waals surface area contributed by atoms with Crippen LogP contribution in [0.1, 0.15) is 68.2 Å². The van der Waals surface area contributed by atoms with Crippen molar-refractivity contribution in [2.24, 2.45) is 5.92 Å². The summed E-state index contributed by atoms with van der Waals surface area (Å²) in [5, 5.41) is 0. The third-order valence-corrected chi connectivity index (χ3v) is 7.75. The van der Waals surface area contributed by atoms with Gasteiger partial charge in [0.15, 0.2) is 0 Å². The van der Waals surface area contributed by atoms with Gasteiger partial charge in [-0.3, -0.25) is 4.79 Å². The quantitative estimate of drug-likeness (QED) is 0.376. The maximum absolute atomic E-state index is 14.4. The van der Waals surface area contributed by atoms with Gasteiger partial charge in [0.05, 0.1) is 12.5 Å². The molecule has 0 N–H and O–H groups in total. The van der Waals surface area contributed by atoms with Crippen molar-refractivity contribution in [3.8, 4) is 5.75 Å². The van der Waals surface area contributed by atoms with Gasteiger partial charge in [-0.1, -0.05) is 30.3 Å². The summed E-state index contributed by atoms with van der Waals surface area (Å²) in [6.07, 6.45) is 2.36. The van der Waals surface area contributed by atoms with Crippen LogP contribution in [0.3, 0.4) is 0 Å². The fourth-order valence-corrected chi connectivity index (χ4v) is 5.32. The number of amides is 2. The SMILES string of the molecule is COCCOc1cccc([C@H]2CCN(C(=O)OC(C)(C)C)C[C@@H]2C(=O)N(Cc2cccc(C)c2C)C2CC2)c1. The highest BCUT2D eigenvalue weighted by molar-refractivity contribution is 5.82. The lowest BCUT2D eigenvalue weighted by Crippen LogP contribution is -2.51. The number of hydrogen-bond donors (Lipinski definition) is 0. The molecule has 4 rings (SSSR count). The van der Waals surface area contributed by atoms with Crippen LogP contribution in [0.15, 0.2) is 42.5 Å². The van der Waals surface area contributed by atoms with Crippen LogP contribution in [0, 0.1) is 19.8 Å². The molecule has 2 aromatic carbocycles. The van der Waals surface area contributed by atoms with E-state index in [1.54, 1.807) is 12.0 Å². The molecule has 7 heteroatoms. The van der Waals surface area contributed by atoms with Crippen molar-refractivity contribution in [1.82, 2.24) is 9.80 Å². The Morgan fingerprint density at radius 3 is 2.46 bits per heavy atom. The number of ether oxygens (including phenoxy) is 3. The lowest BCUT2D eigenvalue weighted by Gasteiger charge is -2.40. The summed E-state index contributed by atoms with van der Waals surface area (Å²) >= 11 is 0. The normalized spacial score (nSPS) is 19.5. The van der Waals surface area contributed by atoms with E-state index in [-0.39, 0.29) is 29.9 Å².